The molecule has 7 nitrogen and oxygen atoms in total. The van der Waals surface area contributed by atoms with Gasteiger partial charge in [0.1, 0.15) is 11.9 Å². The molecule has 2 atom stereocenters. The largest absolute Gasteiger partial charge is 0.348 e. The molecule has 0 bridgehead atoms. The molecule has 138 valence electrons. The lowest BCUT2D eigenvalue weighted by Crippen LogP contribution is -2.54. The monoisotopic (exact) mass is 366 g/mol. The summed E-state index contributed by atoms with van der Waals surface area (Å²) in [5, 5.41) is 2.94. The number of benzene rings is 1. The van der Waals surface area contributed by atoms with Gasteiger partial charge in [0.2, 0.25) is 5.91 Å². The van der Waals surface area contributed by atoms with Gasteiger partial charge in [0, 0.05) is 17.6 Å². The molecule has 25 heavy (non-hydrogen) atoms. The zero-order valence-corrected chi connectivity index (χ0v) is 15.9. The molecule has 0 fully saturated rings. The number of nitrogens with one attached hydrogen (secondary N) is 2. The zero-order valence-electron chi connectivity index (χ0n) is 15.0. The second-order valence-electron chi connectivity index (χ2n) is 7.11. The lowest BCUT2D eigenvalue weighted by atomic mass is 9.90. The molecule has 1 amide bonds. The van der Waals surface area contributed by atoms with Gasteiger partial charge in [-0.25, -0.2) is 8.42 Å². The van der Waals surface area contributed by atoms with E-state index in [9.17, 15) is 13.2 Å². The van der Waals surface area contributed by atoms with E-state index in [2.05, 4.69) is 28.9 Å². The predicted molar refractivity (Wildman–Crippen MR) is 97.8 cm³/mol. The number of fused-ring (bicyclic) bond motifs is 1. The molecular formula is C17H26N4O3S. The van der Waals surface area contributed by atoms with Crippen LogP contribution < -0.4 is 15.8 Å². The number of sulfonamides is 1. The topological polar surface area (TPSA) is 114 Å². The normalized spacial score (nSPS) is 20.6. The standard InChI is InChI=1S/C17H26N4O3S/c1-11(2)9-17(4,10-18)20-16(22)12(3)19-15-13-7-5-6-8-14(13)25(23,24)21-15/h5-8,11-12H,9-10,18H2,1-4H3,(H,19,21)(H,20,22). The van der Waals surface area contributed by atoms with Crippen molar-refractivity contribution in [3.8, 4) is 0 Å². The van der Waals surface area contributed by atoms with Gasteiger partial charge < -0.3 is 11.1 Å². The van der Waals surface area contributed by atoms with Crippen LogP contribution in [0.4, 0.5) is 0 Å². The van der Waals surface area contributed by atoms with Gasteiger partial charge in [-0.3, -0.25) is 14.5 Å². The van der Waals surface area contributed by atoms with Crippen molar-refractivity contribution in [2.75, 3.05) is 6.54 Å². The van der Waals surface area contributed by atoms with E-state index in [4.69, 9.17) is 5.73 Å². The molecule has 1 heterocycles. The fraction of sp³-hybridized carbons (Fsp3) is 0.529. The predicted octanol–water partition coefficient (Wildman–Crippen LogP) is 0.993. The van der Waals surface area contributed by atoms with Gasteiger partial charge >= 0.3 is 0 Å². The molecule has 0 aliphatic carbocycles. The Morgan fingerprint density at radius 1 is 1.32 bits per heavy atom. The van der Waals surface area contributed by atoms with Crippen LogP contribution in [0, 0.1) is 5.92 Å². The van der Waals surface area contributed by atoms with Crippen LogP contribution in [0.5, 0.6) is 0 Å². The van der Waals surface area contributed by atoms with Crippen molar-refractivity contribution < 1.29 is 13.2 Å². The van der Waals surface area contributed by atoms with Crippen LogP contribution in [0.25, 0.3) is 0 Å². The van der Waals surface area contributed by atoms with Gasteiger partial charge in [0.15, 0.2) is 0 Å². The molecule has 0 saturated carbocycles. The highest BCUT2D eigenvalue weighted by Gasteiger charge is 2.32. The van der Waals surface area contributed by atoms with Gasteiger partial charge in [-0.15, -0.1) is 0 Å². The van der Waals surface area contributed by atoms with Crippen LogP contribution in [0.1, 0.15) is 39.7 Å². The molecule has 1 aliphatic heterocycles. The van der Waals surface area contributed by atoms with Crippen molar-refractivity contribution in [1.82, 2.24) is 10.0 Å². The van der Waals surface area contributed by atoms with Crippen LogP contribution in [-0.4, -0.2) is 38.3 Å². The van der Waals surface area contributed by atoms with Crippen molar-refractivity contribution in [2.45, 2.75) is 50.6 Å². The van der Waals surface area contributed by atoms with E-state index in [1.165, 1.54) is 6.07 Å². The number of rotatable bonds is 6. The maximum Gasteiger partial charge on any atom is 0.263 e. The van der Waals surface area contributed by atoms with Crippen molar-refractivity contribution in [2.24, 2.45) is 16.6 Å². The second kappa shape index (κ2) is 7.13. The van der Waals surface area contributed by atoms with Gasteiger partial charge in [-0.2, -0.15) is 0 Å². The average molecular weight is 366 g/mol. The highest BCUT2D eigenvalue weighted by atomic mass is 32.2. The minimum absolute atomic E-state index is 0.174. The lowest BCUT2D eigenvalue weighted by Gasteiger charge is -2.32. The number of hydrogen-bond donors (Lipinski definition) is 3. The van der Waals surface area contributed by atoms with Crippen LogP contribution >= 0.6 is 0 Å². The summed E-state index contributed by atoms with van der Waals surface area (Å²) >= 11 is 0. The Kier molecular flexibility index (Phi) is 5.53. The summed E-state index contributed by atoms with van der Waals surface area (Å²) in [6.45, 7) is 7.97. The summed E-state index contributed by atoms with van der Waals surface area (Å²) < 4.78 is 26.6. The maximum atomic E-state index is 12.5. The van der Waals surface area contributed by atoms with E-state index in [1.807, 2.05) is 6.92 Å². The van der Waals surface area contributed by atoms with Gasteiger partial charge in [-0.05, 0) is 38.3 Å². The molecule has 2 unspecified atom stereocenters. The molecule has 2 rings (SSSR count). The first-order chi connectivity index (χ1) is 11.6. The first-order valence-electron chi connectivity index (χ1n) is 8.30. The maximum absolute atomic E-state index is 12.5. The molecule has 4 N–H and O–H groups in total. The molecule has 1 aromatic rings. The quantitative estimate of drug-likeness (QED) is 0.697. The van der Waals surface area contributed by atoms with E-state index in [0.29, 0.717) is 18.0 Å². The number of nitrogens with zero attached hydrogens (tertiary/aromatic N) is 1. The van der Waals surface area contributed by atoms with Crippen molar-refractivity contribution in [3.05, 3.63) is 29.8 Å². The summed E-state index contributed by atoms with van der Waals surface area (Å²) in [6, 6.07) is 5.81. The van der Waals surface area contributed by atoms with Crippen LogP contribution in [0.3, 0.4) is 0 Å². The summed E-state index contributed by atoms with van der Waals surface area (Å²) in [4.78, 5) is 17.0. The lowest BCUT2D eigenvalue weighted by molar-refractivity contribution is -0.123. The molecule has 0 saturated heterocycles. The smallest absolute Gasteiger partial charge is 0.263 e. The highest BCUT2D eigenvalue weighted by Crippen LogP contribution is 2.22. The molecular weight excluding hydrogens is 340 g/mol. The SMILES string of the molecule is CC(C)CC(C)(CN)NC(=O)C(C)N=C1NS(=O)(=O)c2ccccc21. The summed E-state index contributed by atoms with van der Waals surface area (Å²) in [5.41, 5.74) is 5.78. The van der Waals surface area contributed by atoms with Crippen LogP contribution in [0.15, 0.2) is 34.2 Å². The Bertz CT molecular complexity index is 789. The molecule has 1 aliphatic rings. The van der Waals surface area contributed by atoms with E-state index in [1.54, 1.807) is 25.1 Å². The minimum Gasteiger partial charge on any atom is -0.348 e. The Hall–Kier alpha value is -1.93. The number of aliphatic imine (C=N–C) groups is 1. The van der Waals surface area contributed by atoms with Gasteiger partial charge in [-0.1, -0.05) is 26.0 Å². The van der Waals surface area contributed by atoms with Crippen LogP contribution in [-0.2, 0) is 14.8 Å². The molecule has 0 aromatic heterocycles. The number of hydrogen-bond acceptors (Lipinski definition) is 5. The Labute approximate surface area is 149 Å². The van der Waals surface area contributed by atoms with E-state index in [0.717, 1.165) is 6.42 Å². The Balaban J connectivity index is 2.20. The van der Waals surface area contributed by atoms with Crippen LogP contribution in [0.2, 0.25) is 0 Å². The average Bonchev–Trinajstić information content (AvgIpc) is 2.77. The van der Waals surface area contributed by atoms with Crippen molar-refractivity contribution >= 4 is 21.8 Å². The Morgan fingerprint density at radius 3 is 2.56 bits per heavy atom. The third-order valence-electron chi connectivity index (χ3n) is 4.10. The highest BCUT2D eigenvalue weighted by molar-refractivity contribution is 7.90. The van der Waals surface area contributed by atoms with Crippen molar-refractivity contribution in [3.63, 3.8) is 0 Å². The third kappa shape index (κ3) is 4.38. The fourth-order valence-electron chi connectivity index (χ4n) is 2.97. The molecule has 0 spiro atoms. The van der Waals surface area contributed by atoms with Crippen molar-refractivity contribution in [1.29, 1.82) is 0 Å². The second-order valence-corrected chi connectivity index (χ2v) is 8.76. The third-order valence-corrected chi connectivity index (χ3v) is 5.50. The molecule has 8 heteroatoms. The zero-order chi connectivity index (χ0) is 18.8. The summed E-state index contributed by atoms with van der Waals surface area (Å²) in [7, 11) is -3.61. The fourth-order valence-corrected chi connectivity index (χ4v) is 4.21. The van der Waals surface area contributed by atoms with E-state index < -0.39 is 21.6 Å². The van der Waals surface area contributed by atoms with Gasteiger partial charge in [0.05, 0.1) is 4.90 Å². The number of carbonyl (C=O) groups is 1. The number of nitrogens with two attached hydrogens (primary N) is 1. The molecule has 1 aromatic carbocycles. The first kappa shape index (κ1) is 19.4. The number of amidine groups is 1. The number of amides is 1. The van der Waals surface area contributed by atoms with Gasteiger partial charge in [0.25, 0.3) is 10.0 Å². The summed E-state index contributed by atoms with van der Waals surface area (Å²) in [5.74, 6) is 0.283. The Morgan fingerprint density at radius 2 is 1.96 bits per heavy atom. The van der Waals surface area contributed by atoms with E-state index in [-0.39, 0.29) is 16.6 Å². The summed E-state index contributed by atoms with van der Waals surface area (Å²) in [6.07, 6.45) is 0.744. The number of carbonyl (C=O) groups excluding carboxylic acids is 1. The first-order valence-corrected chi connectivity index (χ1v) is 9.78. The molecule has 0 radical (unpaired) electrons. The van der Waals surface area contributed by atoms with E-state index >= 15 is 0 Å². The minimum atomic E-state index is -3.61.